The highest BCUT2D eigenvalue weighted by Crippen LogP contribution is 2.52. The van der Waals surface area contributed by atoms with Crippen LogP contribution < -0.4 is 5.43 Å². The fourth-order valence-electron chi connectivity index (χ4n) is 4.92. The Hall–Kier alpha value is -3.18. The Morgan fingerprint density at radius 3 is 2.35 bits per heavy atom. The number of ether oxygens (including phenoxy) is 1. The van der Waals surface area contributed by atoms with Crippen molar-refractivity contribution in [2.75, 3.05) is 19.7 Å². The van der Waals surface area contributed by atoms with Gasteiger partial charge < -0.3 is 9.72 Å². The SMILES string of the molecule is O=C(Cc1[nH]ccc(=O)c1-c1ccccc1)OCC1C2CN(Cc3ccccc3)CC12. The standard InChI is InChI=1S/C26H26N2O3/c29-24-11-12-27-23(26(24)19-9-5-2-6-10-19)13-25(30)31-17-22-20-15-28(16-21(20)22)14-18-7-3-1-4-8-18/h1-12,20-22H,13-17H2,(H,27,29). The summed E-state index contributed by atoms with van der Waals surface area (Å²) < 4.78 is 5.61. The number of carbonyl (C=O) groups is 1. The summed E-state index contributed by atoms with van der Waals surface area (Å²) in [4.78, 5) is 30.5. The lowest BCUT2D eigenvalue weighted by molar-refractivity contribution is -0.143. The summed E-state index contributed by atoms with van der Waals surface area (Å²) >= 11 is 0. The van der Waals surface area contributed by atoms with E-state index in [-0.39, 0.29) is 17.8 Å². The van der Waals surface area contributed by atoms with Crippen LogP contribution in [0.5, 0.6) is 0 Å². The van der Waals surface area contributed by atoms with E-state index in [1.807, 2.05) is 36.4 Å². The van der Waals surface area contributed by atoms with E-state index in [1.54, 1.807) is 6.20 Å². The summed E-state index contributed by atoms with van der Waals surface area (Å²) in [6.45, 7) is 3.62. The molecule has 2 aliphatic rings. The van der Waals surface area contributed by atoms with Crippen LogP contribution in [0, 0.1) is 17.8 Å². The summed E-state index contributed by atoms with van der Waals surface area (Å²) in [5, 5.41) is 0. The predicted octanol–water partition coefficient (Wildman–Crippen LogP) is 3.51. The number of piperidine rings is 1. The van der Waals surface area contributed by atoms with Gasteiger partial charge in [-0.15, -0.1) is 0 Å². The number of pyridine rings is 1. The smallest absolute Gasteiger partial charge is 0.311 e. The van der Waals surface area contributed by atoms with Gasteiger partial charge in [-0.05, 0) is 23.0 Å². The molecule has 1 N–H and O–H groups in total. The topological polar surface area (TPSA) is 62.4 Å². The number of benzene rings is 2. The summed E-state index contributed by atoms with van der Waals surface area (Å²) in [6.07, 6.45) is 1.66. The molecule has 2 unspecified atom stereocenters. The molecule has 0 amide bonds. The van der Waals surface area contributed by atoms with E-state index in [4.69, 9.17) is 4.74 Å². The van der Waals surface area contributed by atoms with E-state index >= 15 is 0 Å². The van der Waals surface area contributed by atoms with Crippen molar-refractivity contribution in [2.24, 2.45) is 17.8 Å². The molecule has 2 heterocycles. The van der Waals surface area contributed by atoms with E-state index in [2.05, 4.69) is 34.1 Å². The fourth-order valence-corrected chi connectivity index (χ4v) is 4.92. The van der Waals surface area contributed by atoms with Crippen LogP contribution in [-0.4, -0.2) is 35.5 Å². The number of rotatable bonds is 7. The highest BCUT2D eigenvalue weighted by molar-refractivity contribution is 5.76. The Morgan fingerprint density at radius 1 is 0.968 bits per heavy atom. The lowest BCUT2D eigenvalue weighted by Crippen LogP contribution is -2.25. The molecular weight excluding hydrogens is 388 g/mol. The minimum atomic E-state index is -0.287. The normalized spacial score (nSPS) is 22.1. The average Bonchev–Trinajstić information content (AvgIpc) is 3.24. The molecule has 5 rings (SSSR count). The van der Waals surface area contributed by atoms with Crippen LogP contribution in [0.2, 0.25) is 0 Å². The first-order valence-electron chi connectivity index (χ1n) is 10.9. The minimum absolute atomic E-state index is 0.0719. The van der Waals surface area contributed by atoms with Gasteiger partial charge in [-0.3, -0.25) is 14.5 Å². The first-order chi connectivity index (χ1) is 15.2. The van der Waals surface area contributed by atoms with Crippen molar-refractivity contribution in [1.82, 2.24) is 9.88 Å². The maximum atomic E-state index is 12.5. The number of nitrogens with zero attached hydrogens (tertiary/aromatic N) is 1. The van der Waals surface area contributed by atoms with Crippen LogP contribution >= 0.6 is 0 Å². The molecular formula is C26H26N2O3. The molecule has 0 bridgehead atoms. The van der Waals surface area contributed by atoms with Crippen LogP contribution in [0.4, 0.5) is 0 Å². The molecule has 1 saturated carbocycles. The molecule has 0 spiro atoms. The van der Waals surface area contributed by atoms with Crippen LogP contribution in [0.3, 0.4) is 0 Å². The lowest BCUT2D eigenvalue weighted by atomic mass is 10.0. The molecule has 1 aliphatic heterocycles. The first-order valence-corrected chi connectivity index (χ1v) is 10.9. The first kappa shape index (κ1) is 19.8. The molecule has 2 aromatic carbocycles. The van der Waals surface area contributed by atoms with Crippen LogP contribution in [0.25, 0.3) is 11.1 Å². The van der Waals surface area contributed by atoms with Crippen molar-refractivity contribution in [3.63, 3.8) is 0 Å². The van der Waals surface area contributed by atoms with Gasteiger partial charge in [-0.25, -0.2) is 0 Å². The number of H-pyrrole nitrogens is 1. The van der Waals surface area contributed by atoms with Crippen molar-refractivity contribution < 1.29 is 9.53 Å². The molecule has 1 saturated heterocycles. The zero-order chi connectivity index (χ0) is 21.2. The van der Waals surface area contributed by atoms with Gasteiger partial charge in [0.2, 0.25) is 0 Å². The molecule has 3 aromatic rings. The number of hydrogen-bond acceptors (Lipinski definition) is 4. The van der Waals surface area contributed by atoms with Gasteiger partial charge in [0.05, 0.1) is 13.0 Å². The molecule has 31 heavy (non-hydrogen) atoms. The number of aromatic amines is 1. The molecule has 2 fully saturated rings. The van der Waals surface area contributed by atoms with Gasteiger partial charge in [0.1, 0.15) is 0 Å². The monoisotopic (exact) mass is 414 g/mol. The van der Waals surface area contributed by atoms with Crippen LogP contribution in [-0.2, 0) is 22.5 Å². The average molecular weight is 415 g/mol. The lowest BCUT2D eigenvalue weighted by Gasteiger charge is -2.19. The third-order valence-corrected chi connectivity index (χ3v) is 6.56. The predicted molar refractivity (Wildman–Crippen MR) is 119 cm³/mol. The van der Waals surface area contributed by atoms with Gasteiger partial charge in [0.15, 0.2) is 5.43 Å². The second kappa shape index (κ2) is 8.52. The summed E-state index contributed by atoms with van der Waals surface area (Å²) in [6, 6.07) is 21.5. The third-order valence-electron chi connectivity index (χ3n) is 6.56. The molecule has 2 atom stereocenters. The highest BCUT2D eigenvalue weighted by atomic mass is 16.5. The maximum absolute atomic E-state index is 12.5. The van der Waals surface area contributed by atoms with E-state index in [0.29, 0.717) is 35.6 Å². The van der Waals surface area contributed by atoms with Crippen LogP contribution in [0.15, 0.2) is 77.7 Å². The Bertz CT molecular complexity index is 1100. The molecule has 5 heteroatoms. The fraction of sp³-hybridized carbons (Fsp3) is 0.308. The number of nitrogens with one attached hydrogen (secondary N) is 1. The Labute approximate surface area is 181 Å². The number of likely N-dealkylation sites (tertiary alicyclic amines) is 1. The number of aromatic nitrogens is 1. The van der Waals surface area contributed by atoms with Crippen molar-refractivity contribution in [1.29, 1.82) is 0 Å². The van der Waals surface area contributed by atoms with Gasteiger partial charge in [-0.2, -0.15) is 0 Å². The minimum Gasteiger partial charge on any atom is -0.465 e. The summed E-state index contributed by atoms with van der Waals surface area (Å²) in [5.74, 6) is 1.45. The zero-order valence-corrected chi connectivity index (χ0v) is 17.4. The maximum Gasteiger partial charge on any atom is 0.311 e. The van der Waals surface area contributed by atoms with E-state index in [9.17, 15) is 9.59 Å². The second-order valence-electron chi connectivity index (χ2n) is 8.59. The second-order valence-corrected chi connectivity index (χ2v) is 8.59. The Balaban J connectivity index is 1.14. The summed E-state index contributed by atoms with van der Waals surface area (Å²) in [5.41, 5.74) is 3.21. The van der Waals surface area contributed by atoms with Gasteiger partial charge >= 0.3 is 5.97 Å². The molecule has 5 nitrogen and oxygen atoms in total. The Kier molecular flexibility index (Phi) is 5.43. The largest absolute Gasteiger partial charge is 0.465 e. The number of hydrogen-bond donors (Lipinski definition) is 1. The van der Waals surface area contributed by atoms with Crippen molar-refractivity contribution in [2.45, 2.75) is 13.0 Å². The zero-order valence-electron chi connectivity index (χ0n) is 17.4. The van der Waals surface area contributed by atoms with Crippen molar-refractivity contribution >= 4 is 5.97 Å². The molecule has 158 valence electrons. The van der Waals surface area contributed by atoms with E-state index in [0.717, 1.165) is 25.2 Å². The van der Waals surface area contributed by atoms with Gasteiger partial charge in [-0.1, -0.05) is 60.7 Å². The number of fused-ring (bicyclic) bond motifs is 1. The Morgan fingerprint density at radius 2 is 1.65 bits per heavy atom. The van der Waals surface area contributed by atoms with E-state index in [1.165, 1.54) is 11.6 Å². The third kappa shape index (κ3) is 4.32. The highest BCUT2D eigenvalue weighted by Gasteiger charge is 2.55. The van der Waals surface area contributed by atoms with E-state index < -0.39 is 0 Å². The van der Waals surface area contributed by atoms with Gasteiger partial charge in [0, 0.05) is 49.1 Å². The summed E-state index contributed by atoms with van der Waals surface area (Å²) in [7, 11) is 0. The molecule has 1 aromatic heterocycles. The van der Waals surface area contributed by atoms with Crippen molar-refractivity contribution in [3.8, 4) is 11.1 Å². The van der Waals surface area contributed by atoms with Crippen LogP contribution in [0.1, 0.15) is 11.3 Å². The molecule has 1 aliphatic carbocycles. The molecule has 0 radical (unpaired) electrons. The van der Waals surface area contributed by atoms with Crippen molar-refractivity contribution in [3.05, 3.63) is 94.4 Å². The quantitative estimate of drug-likeness (QED) is 0.601. The number of carbonyl (C=O) groups excluding carboxylic acids is 1. The van der Waals surface area contributed by atoms with Gasteiger partial charge in [0.25, 0.3) is 0 Å². The number of esters is 1.